The van der Waals surface area contributed by atoms with Crippen LogP contribution in [0.3, 0.4) is 0 Å². The zero-order valence-corrected chi connectivity index (χ0v) is 8.70. The van der Waals surface area contributed by atoms with Crippen LogP contribution in [0.2, 0.25) is 0 Å². The fraction of sp³-hybridized carbons (Fsp3) is 0.500. The standard InChI is InChI=1S/C8H10BrN3O/c9-7-5-8(11-6-10-7)12-1-3-13-4-2-12/h5-6H,1-4H2. The fourth-order valence-electron chi connectivity index (χ4n) is 1.29. The van der Waals surface area contributed by atoms with E-state index in [2.05, 4.69) is 30.8 Å². The summed E-state index contributed by atoms with van der Waals surface area (Å²) in [5.41, 5.74) is 0. The average Bonchev–Trinajstić information content (AvgIpc) is 2.19. The lowest BCUT2D eigenvalue weighted by atomic mass is 10.4. The van der Waals surface area contributed by atoms with Gasteiger partial charge in [-0.05, 0) is 15.9 Å². The van der Waals surface area contributed by atoms with Crippen LogP contribution in [0.15, 0.2) is 17.0 Å². The lowest BCUT2D eigenvalue weighted by Gasteiger charge is -2.27. The molecule has 0 N–H and O–H groups in total. The van der Waals surface area contributed by atoms with Gasteiger partial charge < -0.3 is 9.64 Å². The van der Waals surface area contributed by atoms with E-state index in [-0.39, 0.29) is 0 Å². The number of morpholine rings is 1. The van der Waals surface area contributed by atoms with Gasteiger partial charge in [0.05, 0.1) is 13.2 Å². The Labute approximate surface area is 85.1 Å². The first-order valence-electron chi connectivity index (χ1n) is 4.16. The van der Waals surface area contributed by atoms with E-state index in [9.17, 15) is 0 Å². The highest BCUT2D eigenvalue weighted by Crippen LogP contribution is 2.15. The number of hydrogen-bond donors (Lipinski definition) is 0. The van der Waals surface area contributed by atoms with Crippen LogP contribution >= 0.6 is 15.9 Å². The van der Waals surface area contributed by atoms with Crippen molar-refractivity contribution in [2.24, 2.45) is 0 Å². The molecule has 2 heterocycles. The van der Waals surface area contributed by atoms with E-state index in [0.29, 0.717) is 0 Å². The monoisotopic (exact) mass is 243 g/mol. The van der Waals surface area contributed by atoms with Gasteiger partial charge in [0.15, 0.2) is 0 Å². The van der Waals surface area contributed by atoms with E-state index in [4.69, 9.17) is 4.74 Å². The minimum atomic E-state index is 0.779. The first-order valence-corrected chi connectivity index (χ1v) is 4.96. The van der Waals surface area contributed by atoms with Crippen LogP contribution in [0.1, 0.15) is 0 Å². The van der Waals surface area contributed by atoms with Gasteiger partial charge in [0.2, 0.25) is 0 Å². The summed E-state index contributed by atoms with van der Waals surface area (Å²) in [5, 5.41) is 0. The highest BCUT2D eigenvalue weighted by molar-refractivity contribution is 9.10. The van der Waals surface area contributed by atoms with Crippen LogP contribution < -0.4 is 4.90 Å². The first-order chi connectivity index (χ1) is 6.36. The predicted molar refractivity (Wildman–Crippen MR) is 52.8 cm³/mol. The van der Waals surface area contributed by atoms with Crippen molar-refractivity contribution in [3.63, 3.8) is 0 Å². The Bertz CT molecular complexity index is 288. The van der Waals surface area contributed by atoms with E-state index in [1.165, 1.54) is 0 Å². The van der Waals surface area contributed by atoms with Crippen LogP contribution in [0.5, 0.6) is 0 Å². The molecule has 70 valence electrons. The molecular formula is C8H10BrN3O. The minimum absolute atomic E-state index is 0.779. The molecule has 0 spiro atoms. The van der Waals surface area contributed by atoms with Crippen LogP contribution in [0.25, 0.3) is 0 Å². The Kier molecular flexibility index (Phi) is 2.75. The summed E-state index contributed by atoms with van der Waals surface area (Å²) in [4.78, 5) is 10.4. The summed E-state index contributed by atoms with van der Waals surface area (Å²) >= 11 is 3.32. The van der Waals surface area contributed by atoms with Crippen molar-refractivity contribution in [3.8, 4) is 0 Å². The molecule has 4 nitrogen and oxygen atoms in total. The summed E-state index contributed by atoms with van der Waals surface area (Å²) in [5.74, 6) is 0.963. The van der Waals surface area contributed by atoms with Crippen LogP contribution in [0.4, 0.5) is 5.82 Å². The number of halogens is 1. The normalized spacial score (nSPS) is 17.5. The Morgan fingerprint density at radius 2 is 2.08 bits per heavy atom. The van der Waals surface area contributed by atoms with E-state index >= 15 is 0 Å². The first kappa shape index (κ1) is 8.90. The number of nitrogens with zero attached hydrogens (tertiary/aromatic N) is 3. The predicted octanol–water partition coefficient (Wildman–Crippen LogP) is 1.08. The van der Waals surface area contributed by atoms with Crippen LogP contribution in [-0.2, 0) is 4.74 Å². The third-order valence-electron chi connectivity index (χ3n) is 1.95. The van der Waals surface area contributed by atoms with Crippen molar-refractivity contribution in [2.75, 3.05) is 31.2 Å². The summed E-state index contributed by atoms with van der Waals surface area (Å²) in [7, 11) is 0. The van der Waals surface area contributed by atoms with Gasteiger partial charge in [-0.15, -0.1) is 0 Å². The maximum absolute atomic E-state index is 5.25. The number of rotatable bonds is 1. The maximum Gasteiger partial charge on any atom is 0.133 e. The summed E-state index contributed by atoms with van der Waals surface area (Å²) < 4.78 is 6.08. The highest BCUT2D eigenvalue weighted by Gasteiger charge is 2.12. The molecule has 1 aromatic heterocycles. The van der Waals surface area contributed by atoms with Crippen molar-refractivity contribution >= 4 is 21.7 Å². The van der Waals surface area contributed by atoms with Gasteiger partial charge >= 0.3 is 0 Å². The van der Waals surface area contributed by atoms with Gasteiger partial charge in [0.25, 0.3) is 0 Å². The second-order valence-corrected chi connectivity index (χ2v) is 3.61. The third kappa shape index (κ3) is 2.16. The van der Waals surface area contributed by atoms with Crippen molar-refractivity contribution in [3.05, 3.63) is 17.0 Å². The summed E-state index contributed by atoms with van der Waals surface area (Å²) in [6.07, 6.45) is 1.56. The lowest BCUT2D eigenvalue weighted by Crippen LogP contribution is -2.36. The summed E-state index contributed by atoms with van der Waals surface area (Å²) in [6.45, 7) is 3.37. The molecule has 13 heavy (non-hydrogen) atoms. The third-order valence-corrected chi connectivity index (χ3v) is 2.39. The summed E-state index contributed by atoms with van der Waals surface area (Å²) in [6, 6.07) is 1.92. The van der Waals surface area contributed by atoms with Crippen LogP contribution in [-0.4, -0.2) is 36.3 Å². The zero-order valence-electron chi connectivity index (χ0n) is 7.11. The topological polar surface area (TPSA) is 38.2 Å². The molecule has 0 saturated carbocycles. The molecule has 0 amide bonds. The van der Waals surface area contributed by atoms with Crippen molar-refractivity contribution < 1.29 is 4.74 Å². The second-order valence-electron chi connectivity index (χ2n) is 2.80. The van der Waals surface area contributed by atoms with Gasteiger partial charge in [0, 0.05) is 19.2 Å². The van der Waals surface area contributed by atoms with Gasteiger partial charge in [-0.2, -0.15) is 0 Å². The molecule has 1 saturated heterocycles. The van der Waals surface area contributed by atoms with E-state index in [1.54, 1.807) is 6.33 Å². The van der Waals surface area contributed by atoms with Crippen molar-refractivity contribution in [1.29, 1.82) is 0 Å². The Morgan fingerprint density at radius 3 is 2.77 bits per heavy atom. The van der Waals surface area contributed by atoms with Gasteiger partial charge in [0.1, 0.15) is 16.7 Å². The van der Waals surface area contributed by atoms with Gasteiger partial charge in [-0.3, -0.25) is 0 Å². The molecule has 0 aromatic carbocycles. The molecule has 0 aliphatic carbocycles. The van der Waals surface area contributed by atoms with Crippen LogP contribution in [0, 0.1) is 0 Å². The molecular weight excluding hydrogens is 234 g/mol. The number of ether oxygens (including phenoxy) is 1. The molecule has 0 atom stereocenters. The molecule has 0 bridgehead atoms. The smallest absolute Gasteiger partial charge is 0.133 e. The van der Waals surface area contributed by atoms with Crippen molar-refractivity contribution in [1.82, 2.24) is 9.97 Å². The highest BCUT2D eigenvalue weighted by atomic mass is 79.9. The van der Waals surface area contributed by atoms with Crippen molar-refractivity contribution in [2.45, 2.75) is 0 Å². The lowest BCUT2D eigenvalue weighted by molar-refractivity contribution is 0.122. The maximum atomic E-state index is 5.25. The van der Waals surface area contributed by atoms with E-state index in [1.807, 2.05) is 6.07 Å². The Balaban J connectivity index is 2.14. The molecule has 1 aliphatic heterocycles. The Hall–Kier alpha value is -0.680. The largest absolute Gasteiger partial charge is 0.378 e. The van der Waals surface area contributed by atoms with Gasteiger partial charge in [-0.1, -0.05) is 0 Å². The molecule has 0 unspecified atom stereocenters. The van der Waals surface area contributed by atoms with Gasteiger partial charge in [-0.25, -0.2) is 9.97 Å². The zero-order chi connectivity index (χ0) is 9.10. The molecule has 1 aromatic rings. The van der Waals surface area contributed by atoms with E-state index < -0.39 is 0 Å². The average molecular weight is 244 g/mol. The molecule has 5 heteroatoms. The molecule has 1 fully saturated rings. The molecule has 2 rings (SSSR count). The minimum Gasteiger partial charge on any atom is -0.378 e. The molecule has 1 aliphatic rings. The number of anilines is 1. The second kappa shape index (κ2) is 4.02. The number of hydrogen-bond acceptors (Lipinski definition) is 4. The van der Waals surface area contributed by atoms with E-state index in [0.717, 1.165) is 36.7 Å². The fourth-order valence-corrected chi connectivity index (χ4v) is 1.59. The SMILES string of the molecule is Brc1cc(N2CCOCC2)ncn1. The quantitative estimate of drug-likeness (QED) is 0.693. The number of aromatic nitrogens is 2. The molecule has 0 radical (unpaired) electrons. The Morgan fingerprint density at radius 1 is 1.31 bits per heavy atom.